The van der Waals surface area contributed by atoms with Gasteiger partial charge in [0.25, 0.3) is 0 Å². The third-order valence-electron chi connectivity index (χ3n) is 4.08. The number of aryl methyl sites for hydroxylation is 2. The van der Waals surface area contributed by atoms with Crippen LogP contribution < -0.4 is 5.43 Å². The first-order valence-electron chi connectivity index (χ1n) is 8.36. The van der Waals surface area contributed by atoms with E-state index in [-0.39, 0.29) is 12.3 Å². The van der Waals surface area contributed by atoms with Crippen LogP contribution in [0.3, 0.4) is 0 Å². The molecule has 1 amide bonds. The van der Waals surface area contributed by atoms with Gasteiger partial charge in [0.2, 0.25) is 5.91 Å². The molecule has 1 aromatic heterocycles. The van der Waals surface area contributed by atoms with Gasteiger partial charge in [0.1, 0.15) is 11.5 Å². The van der Waals surface area contributed by atoms with E-state index in [0.29, 0.717) is 27.1 Å². The Morgan fingerprint density at radius 2 is 1.96 bits per heavy atom. The van der Waals surface area contributed by atoms with E-state index in [0.717, 1.165) is 16.7 Å². The Morgan fingerprint density at radius 1 is 1.15 bits per heavy atom. The standard InChI is InChI=1S/C21H18Cl2N2O2/c1-13-6-7-14(2)15(10-13)11-20(26)25-24-12-16-8-9-19(27-16)17-4-3-5-18(22)21(17)23/h3-10,12H,11H2,1-2H3,(H,25,26)/b24-12-. The zero-order valence-electron chi connectivity index (χ0n) is 14.9. The second-order valence-corrected chi connectivity index (χ2v) is 6.99. The van der Waals surface area contributed by atoms with Gasteiger partial charge in [-0.15, -0.1) is 0 Å². The predicted molar refractivity (Wildman–Crippen MR) is 110 cm³/mol. The Kier molecular flexibility index (Phi) is 5.99. The number of hydrogen-bond donors (Lipinski definition) is 1. The molecular formula is C21H18Cl2N2O2. The Balaban J connectivity index is 1.63. The minimum Gasteiger partial charge on any atom is -0.455 e. The second-order valence-electron chi connectivity index (χ2n) is 6.20. The maximum Gasteiger partial charge on any atom is 0.244 e. The molecule has 0 bridgehead atoms. The fourth-order valence-electron chi connectivity index (χ4n) is 2.63. The summed E-state index contributed by atoms with van der Waals surface area (Å²) in [5.41, 5.74) is 6.40. The van der Waals surface area contributed by atoms with Crippen molar-refractivity contribution in [1.29, 1.82) is 0 Å². The summed E-state index contributed by atoms with van der Waals surface area (Å²) in [6.07, 6.45) is 1.72. The van der Waals surface area contributed by atoms with Gasteiger partial charge in [-0.2, -0.15) is 5.10 Å². The highest BCUT2D eigenvalue weighted by Crippen LogP contribution is 2.34. The molecule has 1 heterocycles. The van der Waals surface area contributed by atoms with Crippen LogP contribution in [0.25, 0.3) is 11.3 Å². The molecule has 0 aliphatic carbocycles. The summed E-state index contributed by atoms with van der Waals surface area (Å²) in [7, 11) is 0. The molecule has 0 fully saturated rings. The van der Waals surface area contributed by atoms with Crippen molar-refractivity contribution in [2.24, 2.45) is 5.10 Å². The number of carbonyl (C=O) groups is 1. The average Bonchev–Trinajstić information content (AvgIpc) is 3.09. The smallest absolute Gasteiger partial charge is 0.244 e. The lowest BCUT2D eigenvalue weighted by Crippen LogP contribution is -2.20. The first kappa shape index (κ1) is 19.2. The number of carbonyl (C=O) groups excluding carboxylic acids is 1. The summed E-state index contributed by atoms with van der Waals surface area (Å²) in [4.78, 5) is 12.1. The molecule has 0 saturated carbocycles. The van der Waals surface area contributed by atoms with Crippen LogP contribution >= 0.6 is 23.2 Å². The van der Waals surface area contributed by atoms with E-state index in [2.05, 4.69) is 10.5 Å². The third kappa shape index (κ3) is 4.79. The third-order valence-corrected chi connectivity index (χ3v) is 4.90. The van der Waals surface area contributed by atoms with E-state index in [1.165, 1.54) is 6.21 Å². The van der Waals surface area contributed by atoms with Gasteiger partial charge in [-0.3, -0.25) is 4.79 Å². The summed E-state index contributed by atoms with van der Waals surface area (Å²) in [6.45, 7) is 3.98. The fourth-order valence-corrected chi connectivity index (χ4v) is 3.03. The lowest BCUT2D eigenvalue weighted by Gasteiger charge is -2.05. The van der Waals surface area contributed by atoms with Crippen LogP contribution in [0.15, 0.2) is 58.0 Å². The van der Waals surface area contributed by atoms with Crippen molar-refractivity contribution in [2.75, 3.05) is 0 Å². The summed E-state index contributed by atoms with van der Waals surface area (Å²) in [5, 5.41) is 4.85. The first-order valence-corrected chi connectivity index (χ1v) is 9.12. The number of amides is 1. The van der Waals surface area contributed by atoms with Crippen LogP contribution in [0.2, 0.25) is 10.0 Å². The van der Waals surface area contributed by atoms with Crippen LogP contribution in [-0.2, 0) is 11.2 Å². The second kappa shape index (κ2) is 8.42. The Morgan fingerprint density at radius 3 is 2.78 bits per heavy atom. The molecule has 0 aliphatic heterocycles. The average molecular weight is 401 g/mol. The zero-order chi connectivity index (χ0) is 19.4. The summed E-state index contributed by atoms with van der Waals surface area (Å²) >= 11 is 12.2. The molecule has 138 valence electrons. The fraction of sp³-hybridized carbons (Fsp3) is 0.143. The van der Waals surface area contributed by atoms with Gasteiger partial charge in [-0.25, -0.2) is 5.43 Å². The molecule has 0 saturated heterocycles. The number of nitrogens with one attached hydrogen (secondary N) is 1. The Bertz CT molecular complexity index is 1010. The van der Waals surface area contributed by atoms with Crippen molar-refractivity contribution >= 4 is 35.3 Å². The van der Waals surface area contributed by atoms with Gasteiger partial charge >= 0.3 is 0 Å². The van der Waals surface area contributed by atoms with Crippen molar-refractivity contribution in [1.82, 2.24) is 5.43 Å². The highest BCUT2D eigenvalue weighted by molar-refractivity contribution is 6.43. The van der Waals surface area contributed by atoms with Crippen molar-refractivity contribution < 1.29 is 9.21 Å². The molecule has 1 N–H and O–H groups in total. The summed E-state index contributed by atoms with van der Waals surface area (Å²) in [6, 6.07) is 14.9. The number of furan rings is 1. The minimum atomic E-state index is -0.190. The van der Waals surface area contributed by atoms with Crippen LogP contribution in [0.1, 0.15) is 22.5 Å². The quantitative estimate of drug-likeness (QED) is 0.449. The summed E-state index contributed by atoms with van der Waals surface area (Å²) in [5.74, 6) is 0.878. The highest BCUT2D eigenvalue weighted by atomic mass is 35.5. The van der Waals surface area contributed by atoms with Crippen LogP contribution in [0.5, 0.6) is 0 Å². The van der Waals surface area contributed by atoms with Crippen molar-refractivity contribution in [3.8, 4) is 11.3 Å². The molecular weight excluding hydrogens is 383 g/mol. The van der Waals surface area contributed by atoms with Gasteiger partial charge in [-0.1, -0.05) is 53.0 Å². The topological polar surface area (TPSA) is 54.6 Å². The van der Waals surface area contributed by atoms with Crippen LogP contribution in [-0.4, -0.2) is 12.1 Å². The number of halogens is 2. The molecule has 0 aliphatic rings. The van der Waals surface area contributed by atoms with E-state index in [4.69, 9.17) is 27.6 Å². The maximum atomic E-state index is 12.1. The molecule has 27 heavy (non-hydrogen) atoms. The molecule has 0 radical (unpaired) electrons. The molecule has 6 heteroatoms. The normalized spacial score (nSPS) is 11.1. The van der Waals surface area contributed by atoms with E-state index < -0.39 is 0 Å². The SMILES string of the molecule is Cc1ccc(C)c(CC(=O)N/N=C\c2ccc(-c3cccc(Cl)c3Cl)o2)c1. The molecule has 0 spiro atoms. The van der Waals surface area contributed by atoms with E-state index in [9.17, 15) is 4.79 Å². The van der Waals surface area contributed by atoms with Crippen molar-refractivity contribution in [2.45, 2.75) is 20.3 Å². The van der Waals surface area contributed by atoms with Crippen molar-refractivity contribution in [3.63, 3.8) is 0 Å². The Hall–Kier alpha value is -2.56. The number of rotatable bonds is 5. The minimum absolute atomic E-state index is 0.190. The molecule has 2 aromatic carbocycles. The van der Waals surface area contributed by atoms with Gasteiger partial charge < -0.3 is 4.42 Å². The first-order chi connectivity index (χ1) is 12.9. The number of hydrazone groups is 1. The number of nitrogens with zero attached hydrogens (tertiary/aromatic N) is 1. The zero-order valence-corrected chi connectivity index (χ0v) is 16.4. The van der Waals surface area contributed by atoms with Crippen LogP contribution in [0.4, 0.5) is 0 Å². The predicted octanol–water partition coefficient (Wildman–Crippen LogP) is 5.56. The molecule has 0 atom stereocenters. The molecule has 3 aromatic rings. The number of hydrogen-bond acceptors (Lipinski definition) is 3. The van der Waals surface area contributed by atoms with Gasteiger partial charge in [0.05, 0.1) is 22.7 Å². The largest absolute Gasteiger partial charge is 0.455 e. The highest BCUT2D eigenvalue weighted by Gasteiger charge is 2.10. The lowest BCUT2D eigenvalue weighted by molar-refractivity contribution is -0.120. The van der Waals surface area contributed by atoms with Gasteiger partial charge in [0.15, 0.2) is 0 Å². The van der Waals surface area contributed by atoms with E-state index in [1.807, 2.05) is 38.1 Å². The molecule has 4 nitrogen and oxygen atoms in total. The molecule has 3 rings (SSSR count). The lowest BCUT2D eigenvalue weighted by atomic mass is 10.0. The molecule has 0 unspecified atom stereocenters. The number of benzene rings is 2. The maximum absolute atomic E-state index is 12.1. The Labute approximate surface area is 167 Å². The van der Waals surface area contributed by atoms with Gasteiger partial charge in [-0.05, 0) is 49.2 Å². The monoisotopic (exact) mass is 400 g/mol. The van der Waals surface area contributed by atoms with Gasteiger partial charge in [0, 0.05) is 5.56 Å². The van der Waals surface area contributed by atoms with E-state index in [1.54, 1.807) is 24.3 Å². The van der Waals surface area contributed by atoms with Crippen molar-refractivity contribution in [3.05, 3.63) is 81.0 Å². The summed E-state index contributed by atoms with van der Waals surface area (Å²) < 4.78 is 5.70. The van der Waals surface area contributed by atoms with E-state index >= 15 is 0 Å². The van der Waals surface area contributed by atoms with Crippen LogP contribution in [0, 0.1) is 13.8 Å².